The highest BCUT2D eigenvalue weighted by molar-refractivity contribution is 5.92. The molecular formula is C28H27NO6. The Bertz CT molecular complexity index is 1260. The molecule has 0 fully saturated rings. The predicted molar refractivity (Wildman–Crippen MR) is 133 cm³/mol. The van der Waals surface area contributed by atoms with Crippen molar-refractivity contribution >= 4 is 17.6 Å². The summed E-state index contributed by atoms with van der Waals surface area (Å²) >= 11 is 0. The van der Waals surface area contributed by atoms with Crippen LogP contribution in [0.4, 0.5) is 0 Å². The number of carbonyl (C=O) groups excluding carboxylic acids is 1. The Morgan fingerprint density at radius 1 is 0.800 bits per heavy atom. The molecule has 0 spiro atoms. The minimum atomic E-state index is -0.395. The topological polar surface area (TPSA) is 87.0 Å². The summed E-state index contributed by atoms with van der Waals surface area (Å²) in [6.45, 7) is 0. The van der Waals surface area contributed by atoms with E-state index in [9.17, 15) is 10.1 Å². The zero-order valence-corrected chi connectivity index (χ0v) is 20.2. The lowest BCUT2D eigenvalue weighted by Crippen LogP contribution is -2.10. The van der Waals surface area contributed by atoms with E-state index >= 15 is 0 Å². The van der Waals surface area contributed by atoms with Gasteiger partial charge in [-0.25, -0.2) is 0 Å². The molecule has 0 aliphatic rings. The van der Waals surface area contributed by atoms with Gasteiger partial charge in [-0.3, -0.25) is 4.79 Å². The summed E-state index contributed by atoms with van der Waals surface area (Å²) in [4.78, 5) is 12.5. The lowest BCUT2D eigenvalue weighted by Gasteiger charge is -2.12. The van der Waals surface area contributed by atoms with Gasteiger partial charge in [-0.2, -0.15) is 5.26 Å². The minimum Gasteiger partial charge on any atom is -0.496 e. The number of methoxy groups -OCH3 is 4. The van der Waals surface area contributed by atoms with Gasteiger partial charge in [0.25, 0.3) is 0 Å². The maximum absolute atomic E-state index is 12.5. The second-order valence-corrected chi connectivity index (χ2v) is 7.44. The number of rotatable bonds is 10. The van der Waals surface area contributed by atoms with E-state index in [0.717, 1.165) is 11.1 Å². The van der Waals surface area contributed by atoms with Crippen LogP contribution in [0.25, 0.3) is 11.6 Å². The third kappa shape index (κ3) is 6.33. The van der Waals surface area contributed by atoms with Crippen molar-refractivity contribution in [3.05, 3.63) is 77.4 Å². The van der Waals surface area contributed by atoms with Crippen molar-refractivity contribution in [1.82, 2.24) is 0 Å². The number of allylic oxidation sites excluding steroid dienone is 1. The monoisotopic (exact) mass is 473 g/mol. The molecule has 0 bridgehead atoms. The van der Waals surface area contributed by atoms with Crippen LogP contribution in [0, 0.1) is 11.3 Å². The molecule has 0 aliphatic carbocycles. The Morgan fingerprint density at radius 3 is 2.14 bits per heavy atom. The van der Waals surface area contributed by atoms with Crippen LogP contribution in [0.2, 0.25) is 0 Å². The second kappa shape index (κ2) is 12.1. The van der Waals surface area contributed by atoms with Crippen LogP contribution in [0.15, 0.2) is 60.7 Å². The third-order valence-electron chi connectivity index (χ3n) is 5.31. The SMILES string of the molecule is COc1ccc(CCC(=O)Oc2ccc(/C=C(/C#N)c3ccccc3OC)cc2OC)cc1OC. The van der Waals surface area contributed by atoms with E-state index in [1.165, 1.54) is 7.11 Å². The first kappa shape index (κ1) is 25.2. The Morgan fingerprint density at radius 2 is 1.46 bits per heavy atom. The fourth-order valence-corrected chi connectivity index (χ4v) is 3.52. The summed E-state index contributed by atoms with van der Waals surface area (Å²) in [5.41, 5.74) is 2.76. The van der Waals surface area contributed by atoms with Crippen LogP contribution < -0.4 is 23.7 Å². The molecule has 180 valence electrons. The van der Waals surface area contributed by atoms with Gasteiger partial charge >= 0.3 is 5.97 Å². The zero-order chi connectivity index (χ0) is 25.2. The van der Waals surface area contributed by atoms with Crippen LogP contribution in [-0.4, -0.2) is 34.4 Å². The first-order chi connectivity index (χ1) is 17.0. The summed E-state index contributed by atoms with van der Waals surface area (Å²) in [5.74, 6) is 2.13. The van der Waals surface area contributed by atoms with E-state index in [-0.39, 0.29) is 6.42 Å². The van der Waals surface area contributed by atoms with Crippen molar-refractivity contribution in [1.29, 1.82) is 5.26 Å². The first-order valence-electron chi connectivity index (χ1n) is 10.9. The Kier molecular flexibility index (Phi) is 8.74. The van der Waals surface area contributed by atoms with Gasteiger partial charge in [-0.05, 0) is 60.0 Å². The summed E-state index contributed by atoms with van der Waals surface area (Å²) in [6, 6.07) is 20.1. The van der Waals surface area contributed by atoms with Crippen molar-refractivity contribution < 1.29 is 28.5 Å². The number of para-hydroxylation sites is 1. The fourth-order valence-electron chi connectivity index (χ4n) is 3.52. The molecule has 35 heavy (non-hydrogen) atoms. The zero-order valence-electron chi connectivity index (χ0n) is 20.2. The molecule has 0 aromatic heterocycles. The van der Waals surface area contributed by atoms with Crippen LogP contribution in [0.1, 0.15) is 23.1 Å². The molecule has 0 saturated heterocycles. The van der Waals surface area contributed by atoms with E-state index < -0.39 is 5.97 Å². The molecule has 0 atom stereocenters. The summed E-state index contributed by atoms with van der Waals surface area (Å²) in [5, 5.41) is 9.69. The number of nitriles is 1. The maximum atomic E-state index is 12.5. The molecule has 0 N–H and O–H groups in total. The Balaban J connectivity index is 1.73. The molecule has 3 aromatic carbocycles. The third-order valence-corrected chi connectivity index (χ3v) is 5.31. The lowest BCUT2D eigenvalue weighted by atomic mass is 10.0. The van der Waals surface area contributed by atoms with Crippen molar-refractivity contribution in [2.45, 2.75) is 12.8 Å². The van der Waals surface area contributed by atoms with E-state index in [1.807, 2.05) is 30.3 Å². The average Bonchev–Trinajstić information content (AvgIpc) is 2.90. The average molecular weight is 474 g/mol. The molecule has 7 nitrogen and oxygen atoms in total. The fraction of sp³-hybridized carbons (Fsp3) is 0.214. The summed E-state index contributed by atoms with van der Waals surface area (Å²) in [7, 11) is 6.19. The normalized spacial score (nSPS) is 10.8. The standard InChI is InChI=1S/C28H27NO6/c1-31-23-8-6-5-7-22(23)21(18-29)15-20-10-13-25(27(17-20)34-4)35-28(30)14-11-19-9-12-24(32-2)26(16-19)33-3/h5-10,12-13,15-17H,11,14H2,1-4H3/b21-15-. The maximum Gasteiger partial charge on any atom is 0.311 e. The van der Waals surface area contributed by atoms with Crippen LogP contribution >= 0.6 is 0 Å². The van der Waals surface area contributed by atoms with Gasteiger partial charge in [-0.1, -0.05) is 24.3 Å². The highest BCUT2D eigenvalue weighted by Crippen LogP contribution is 2.32. The van der Waals surface area contributed by atoms with Crippen molar-refractivity contribution in [2.75, 3.05) is 28.4 Å². The Labute approximate surface area is 205 Å². The van der Waals surface area contributed by atoms with Crippen LogP contribution in [0.5, 0.6) is 28.7 Å². The van der Waals surface area contributed by atoms with Crippen molar-refractivity contribution in [3.8, 4) is 34.8 Å². The molecule has 0 amide bonds. The molecule has 3 rings (SSSR count). The minimum absolute atomic E-state index is 0.173. The molecule has 0 radical (unpaired) electrons. The largest absolute Gasteiger partial charge is 0.496 e. The number of benzene rings is 3. The number of hydrogen-bond acceptors (Lipinski definition) is 7. The van der Waals surface area contributed by atoms with E-state index in [0.29, 0.717) is 46.3 Å². The predicted octanol–water partition coefficient (Wildman–Crippen LogP) is 5.32. The van der Waals surface area contributed by atoms with Gasteiger partial charge in [0.2, 0.25) is 0 Å². The Hall–Kier alpha value is -4.44. The van der Waals surface area contributed by atoms with Gasteiger partial charge in [0, 0.05) is 12.0 Å². The molecule has 3 aromatic rings. The van der Waals surface area contributed by atoms with Gasteiger partial charge in [-0.15, -0.1) is 0 Å². The van der Waals surface area contributed by atoms with E-state index in [2.05, 4.69) is 6.07 Å². The molecule has 0 unspecified atom stereocenters. The number of hydrogen-bond donors (Lipinski definition) is 0. The van der Waals surface area contributed by atoms with Crippen LogP contribution in [-0.2, 0) is 11.2 Å². The smallest absolute Gasteiger partial charge is 0.311 e. The molecule has 7 heteroatoms. The lowest BCUT2D eigenvalue weighted by molar-refractivity contribution is -0.134. The number of carbonyl (C=O) groups is 1. The van der Waals surface area contributed by atoms with Gasteiger partial charge in [0.1, 0.15) is 5.75 Å². The number of ether oxygens (including phenoxy) is 5. The van der Waals surface area contributed by atoms with E-state index in [4.69, 9.17) is 23.7 Å². The molecule has 0 heterocycles. The van der Waals surface area contributed by atoms with Crippen molar-refractivity contribution in [2.24, 2.45) is 0 Å². The second-order valence-electron chi connectivity index (χ2n) is 7.44. The number of aryl methyl sites for hydroxylation is 1. The van der Waals surface area contributed by atoms with Gasteiger partial charge in [0.05, 0.1) is 40.1 Å². The highest BCUT2D eigenvalue weighted by Gasteiger charge is 2.13. The summed E-state index contributed by atoms with van der Waals surface area (Å²) in [6.07, 6.45) is 2.38. The number of esters is 1. The molecular weight excluding hydrogens is 446 g/mol. The first-order valence-corrected chi connectivity index (χ1v) is 10.9. The molecule has 0 aliphatic heterocycles. The number of nitrogens with zero attached hydrogens (tertiary/aromatic N) is 1. The van der Waals surface area contributed by atoms with Crippen molar-refractivity contribution in [3.63, 3.8) is 0 Å². The quantitative estimate of drug-likeness (QED) is 0.170. The summed E-state index contributed by atoms with van der Waals surface area (Å²) < 4.78 is 26.9. The highest BCUT2D eigenvalue weighted by atomic mass is 16.6. The molecule has 0 saturated carbocycles. The van der Waals surface area contributed by atoms with Crippen LogP contribution in [0.3, 0.4) is 0 Å². The van der Waals surface area contributed by atoms with Gasteiger partial charge in [0.15, 0.2) is 23.0 Å². The van der Waals surface area contributed by atoms with E-state index in [1.54, 1.807) is 57.7 Å². The van der Waals surface area contributed by atoms with Gasteiger partial charge < -0.3 is 23.7 Å².